The Morgan fingerprint density at radius 1 is 0.704 bits per heavy atom. The molecule has 1 fully saturated rings. The van der Waals surface area contributed by atoms with Crippen LogP contribution in [0.5, 0.6) is 0 Å². The maximum atomic E-state index is 12.6. The van der Waals surface area contributed by atoms with Crippen LogP contribution in [-0.4, -0.2) is 68.7 Å². The summed E-state index contributed by atoms with van der Waals surface area (Å²) in [5.74, 6) is 14.0. The van der Waals surface area contributed by atoms with E-state index in [2.05, 4.69) is 64.9 Å². The van der Waals surface area contributed by atoms with Gasteiger partial charge in [0.1, 0.15) is 35.1 Å². The van der Waals surface area contributed by atoms with Gasteiger partial charge in [-0.1, -0.05) is 46.5 Å². The molecule has 1 saturated carbocycles. The Morgan fingerprint density at radius 3 is 1.59 bits per heavy atom. The number of hydrogen-bond acceptors (Lipinski definition) is 6. The van der Waals surface area contributed by atoms with E-state index >= 15 is 0 Å². The van der Waals surface area contributed by atoms with E-state index in [1.165, 1.54) is 0 Å². The molecule has 2 atom stereocenters. The van der Waals surface area contributed by atoms with E-state index in [0.717, 1.165) is 92.0 Å². The number of nitrogens with zero attached hydrogens (tertiary/aromatic N) is 2. The molecule has 4 rings (SSSR count). The van der Waals surface area contributed by atoms with Crippen molar-refractivity contribution in [1.82, 2.24) is 41.2 Å². The molecule has 288 valence electrons. The average Bonchev–Trinajstić information content (AvgIpc) is 3.74. The van der Waals surface area contributed by atoms with Crippen molar-refractivity contribution in [2.45, 2.75) is 111 Å². The number of carbonyl (C=O) groups is 4. The molecule has 12 heteroatoms. The topological polar surface area (TPSA) is 174 Å². The van der Waals surface area contributed by atoms with E-state index in [9.17, 15) is 19.2 Å². The number of benzene rings is 1. The number of carbonyl (C=O) groups excluding carboxylic acids is 4. The van der Waals surface area contributed by atoms with E-state index < -0.39 is 12.1 Å². The fourth-order valence-electron chi connectivity index (χ4n) is 5.66. The number of nitrogens with one attached hydrogen (secondary N) is 6. The minimum Gasteiger partial charge on any atom is -0.354 e. The molecule has 0 radical (unpaired) electrons. The highest BCUT2D eigenvalue weighted by molar-refractivity contribution is 5.89. The number of aryl methyl sites for hydroxylation is 2. The first kappa shape index (κ1) is 41.4. The van der Waals surface area contributed by atoms with Crippen molar-refractivity contribution in [3.05, 3.63) is 70.8 Å². The standard InChI is InChI=1S/C42H56N8O4/c1-6-11-37(51)49-38(28(2)3)41(53)43-24-9-7-12-35-45-26-33(47-35)22-18-30-14-16-31(17-15-30)19-23-34-27-46-36(48-34)13-8-10-25-44-42(54)39(29(4)5)50-40(52)32-20-21-32/h14-17,26-29,32,38-39H,6-13,20-21,24-25H2,1-5H3,(H,43,53)(H,44,54)(H,45,47)(H,46,48)(H,49,51)(H,50,52). The molecule has 1 aliphatic carbocycles. The lowest BCUT2D eigenvalue weighted by molar-refractivity contribution is -0.130. The second-order valence-electron chi connectivity index (χ2n) is 14.6. The second-order valence-corrected chi connectivity index (χ2v) is 14.6. The molecule has 3 aromatic rings. The van der Waals surface area contributed by atoms with Crippen molar-refractivity contribution >= 4 is 23.6 Å². The summed E-state index contributed by atoms with van der Waals surface area (Å²) in [7, 11) is 0. The van der Waals surface area contributed by atoms with E-state index in [4.69, 9.17) is 0 Å². The largest absolute Gasteiger partial charge is 0.354 e. The van der Waals surface area contributed by atoms with Crippen LogP contribution in [0.3, 0.4) is 0 Å². The minimum absolute atomic E-state index is 0.0121. The van der Waals surface area contributed by atoms with E-state index in [1.54, 1.807) is 12.4 Å². The summed E-state index contributed by atoms with van der Waals surface area (Å²) in [5, 5.41) is 11.7. The molecular weight excluding hydrogens is 681 g/mol. The van der Waals surface area contributed by atoms with Gasteiger partial charge in [-0.15, -0.1) is 0 Å². The van der Waals surface area contributed by atoms with Gasteiger partial charge in [0, 0.05) is 49.4 Å². The monoisotopic (exact) mass is 736 g/mol. The van der Waals surface area contributed by atoms with Crippen molar-refractivity contribution in [1.29, 1.82) is 0 Å². The summed E-state index contributed by atoms with van der Waals surface area (Å²) < 4.78 is 0. The molecule has 0 spiro atoms. The van der Waals surface area contributed by atoms with Gasteiger partial charge in [-0.2, -0.15) is 0 Å². The normalized spacial score (nSPS) is 13.2. The lowest BCUT2D eigenvalue weighted by atomic mass is 10.0. The van der Waals surface area contributed by atoms with Gasteiger partial charge in [-0.25, -0.2) is 9.97 Å². The third-order valence-electron chi connectivity index (χ3n) is 9.04. The van der Waals surface area contributed by atoms with Gasteiger partial charge >= 0.3 is 0 Å². The lowest BCUT2D eigenvalue weighted by Gasteiger charge is -2.21. The zero-order valence-electron chi connectivity index (χ0n) is 32.4. The molecule has 2 unspecified atom stereocenters. The molecule has 6 N–H and O–H groups in total. The number of hydrogen-bond donors (Lipinski definition) is 6. The van der Waals surface area contributed by atoms with Crippen LogP contribution in [0.2, 0.25) is 0 Å². The number of unbranched alkanes of at least 4 members (excludes halogenated alkanes) is 2. The molecule has 1 aromatic carbocycles. The summed E-state index contributed by atoms with van der Waals surface area (Å²) in [4.78, 5) is 64.7. The maximum absolute atomic E-state index is 12.6. The van der Waals surface area contributed by atoms with Crippen molar-refractivity contribution in [3.63, 3.8) is 0 Å². The highest BCUT2D eigenvalue weighted by Crippen LogP contribution is 2.29. The van der Waals surface area contributed by atoms with Crippen molar-refractivity contribution < 1.29 is 19.2 Å². The van der Waals surface area contributed by atoms with Crippen LogP contribution in [0.1, 0.15) is 120 Å². The predicted octanol–water partition coefficient (Wildman–Crippen LogP) is 4.30. The summed E-state index contributed by atoms with van der Waals surface area (Å²) in [5.41, 5.74) is 3.20. The highest BCUT2D eigenvalue weighted by Gasteiger charge is 2.33. The zero-order valence-corrected chi connectivity index (χ0v) is 32.4. The fourth-order valence-corrected chi connectivity index (χ4v) is 5.66. The van der Waals surface area contributed by atoms with Crippen LogP contribution in [0.15, 0.2) is 36.7 Å². The third kappa shape index (κ3) is 14.2. The maximum Gasteiger partial charge on any atom is 0.242 e. The van der Waals surface area contributed by atoms with Gasteiger partial charge < -0.3 is 31.2 Å². The Morgan fingerprint density at radius 2 is 1.17 bits per heavy atom. The predicted molar refractivity (Wildman–Crippen MR) is 209 cm³/mol. The molecule has 4 amide bonds. The smallest absolute Gasteiger partial charge is 0.242 e. The van der Waals surface area contributed by atoms with Crippen molar-refractivity contribution in [3.8, 4) is 23.7 Å². The van der Waals surface area contributed by atoms with Crippen molar-refractivity contribution in [2.24, 2.45) is 17.8 Å². The molecule has 2 aromatic heterocycles. The first-order valence-electron chi connectivity index (χ1n) is 19.4. The molecular formula is C42H56N8O4. The Hall–Kier alpha value is -5.36. The molecule has 0 saturated heterocycles. The zero-order chi connectivity index (χ0) is 38.9. The van der Waals surface area contributed by atoms with Crippen LogP contribution in [0.25, 0.3) is 0 Å². The van der Waals surface area contributed by atoms with E-state index in [0.29, 0.717) is 19.5 Å². The summed E-state index contributed by atoms with van der Waals surface area (Å²) in [6.07, 6.45) is 11.2. The number of aromatic nitrogens is 4. The Labute approximate surface area is 319 Å². The number of H-pyrrole nitrogens is 2. The van der Waals surface area contributed by atoms with Gasteiger partial charge in [0.2, 0.25) is 23.6 Å². The first-order chi connectivity index (χ1) is 26.0. The van der Waals surface area contributed by atoms with Crippen LogP contribution in [-0.2, 0) is 32.0 Å². The fraction of sp³-hybridized carbons (Fsp3) is 0.524. The minimum atomic E-state index is -0.523. The number of aromatic amines is 2. The molecule has 1 aliphatic rings. The number of amides is 4. The van der Waals surface area contributed by atoms with E-state index in [1.807, 2.05) is 58.9 Å². The van der Waals surface area contributed by atoms with Crippen molar-refractivity contribution in [2.75, 3.05) is 13.1 Å². The van der Waals surface area contributed by atoms with Gasteiger partial charge in [0.15, 0.2) is 0 Å². The quantitative estimate of drug-likeness (QED) is 0.0791. The van der Waals surface area contributed by atoms with Gasteiger partial charge in [-0.05, 0) is 92.9 Å². The number of imidazole rings is 2. The van der Waals surface area contributed by atoms with Gasteiger partial charge in [-0.3, -0.25) is 19.2 Å². The Kier molecular flexibility index (Phi) is 16.4. The third-order valence-corrected chi connectivity index (χ3v) is 9.04. The van der Waals surface area contributed by atoms with Crippen LogP contribution in [0, 0.1) is 41.4 Å². The molecule has 12 nitrogen and oxygen atoms in total. The molecule has 0 aliphatic heterocycles. The summed E-state index contributed by atoms with van der Waals surface area (Å²) in [6.45, 7) is 10.8. The van der Waals surface area contributed by atoms with Crippen LogP contribution < -0.4 is 21.3 Å². The van der Waals surface area contributed by atoms with E-state index in [-0.39, 0.29) is 41.4 Å². The lowest BCUT2D eigenvalue weighted by Crippen LogP contribution is -2.50. The second kappa shape index (κ2) is 21.4. The van der Waals surface area contributed by atoms with Crippen LogP contribution in [0.4, 0.5) is 0 Å². The van der Waals surface area contributed by atoms with Gasteiger partial charge in [0.25, 0.3) is 0 Å². The van der Waals surface area contributed by atoms with Crippen LogP contribution >= 0.6 is 0 Å². The molecule has 54 heavy (non-hydrogen) atoms. The van der Waals surface area contributed by atoms with Gasteiger partial charge in [0.05, 0.1) is 12.4 Å². The SMILES string of the molecule is CCCC(=O)NC(C(=O)NCCCCc1ncc(C#Cc2ccc(C#Cc3cnc(CCCCNC(=O)C(NC(=O)C4CC4)C(C)C)[nH]3)cc2)[nH]1)C(C)C. The average molecular weight is 737 g/mol. The Bertz CT molecular complexity index is 1820. The molecule has 0 bridgehead atoms. The molecule has 2 heterocycles. The first-order valence-corrected chi connectivity index (χ1v) is 19.4. The Balaban J connectivity index is 1.13. The summed E-state index contributed by atoms with van der Waals surface area (Å²) in [6, 6.07) is 6.71. The summed E-state index contributed by atoms with van der Waals surface area (Å²) >= 11 is 0. The number of rotatable bonds is 19. The highest BCUT2D eigenvalue weighted by atomic mass is 16.2.